The summed E-state index contributed by atoms with van der Waals surface area (Å²) in [6, 6.07) is 30.1. The summed E-state index contributed by atoms with van der Waals surface area (Å²) in [6.45, 7) is 2.04. The fourth-order valence-corrected chi connectivity index (χ4v) is 5.65. The lowest BCUT2D eigenvalue weighted by Gasteiger charge is -2.36. The van der Waals surface area contributed by atoms with Gasteiger partial charge in [-0.2, -0.15) is 11.8 Å². The number of methoxy groups -OCH3 is 1. The Balaban J connectivity index is 1.11. The third-order valence-electron chi connectivity index (χ3n) is 6.72. The van der Waals surface area contributed by atoms with Gasteiger partial charge in [0.2, 0.25) is 5.91 Å². The molecule has 0 aromatic heterocycles. The minimum absolute atomic E-state index is 0.0362. The molecule has 0 bridgehead atoms. The molecule has 0 radical (unpaired) electrons. The van der Waals surface area contributed by atoms with Gasteiger partial charge in [-0.05, 0) is 65.4 Å². The van der Waals surface area contributed by atoms with E-state index in [0.29, 0.717) is 26.3 Å². The Morgan fingerprint density at radius 2 is 1.67 bits per heavy atom. The third kappa shape index (κ3) is 7.05. The molecule has 1 N–H and O–H groups in total. The standard InChI is InChI=1S/C32H34N2O4S/c1-36-31-10-5-4-9-26(31)23-39-18-6-17-37-29-15-12-27(13-16-29)34-28(20-33-21-32(34)35)22-38-30-14-11-24-7-2-3-8-25(24)19-30/h2-5,7-16,19,28,33H,6,17-18,20-23H2,1H3. The summed E-state index contributed by atoms with van der Waals surface area (Å²) < 4.78 is 17.5. The van der Waals surface area contributed by atoms with Crippen LogP contribution >= 0.6 is 11.8 Å². The van der Waals surface area contributed by atoms with Crippen LogP contribution in [0.5, 0.6) is 17.2 Å². The average Bonchev–Trinajstić information content (AvgIpc) is 2.98. The highest BCUT2D eigenvalue weighted by Gasteiger charge is 2.29. The highest BCUT2D eigenvalue weighted by molar-refractivity contribution is 7.98. The average molecular weight is 543 g/mol. The second kappa shape index (κ2) is 13.4. The second-order valence-corrected chi connectivity index (χ2v) is 10.5. The first kappa shape index (κ1) is 26.9. The van der Waals surface area contributed by atoms with Gasteiger partial charge in [-0.3, -0.25) is 4.79 Å². The topological polar surface area (TPSA) is 60.0 Å². The lowest BCUT2D eigenvalue weighted by molar-refractivity contribution is -0.119. The molecule has 0 aliphatic carbocycles. The van der Waals surface area contributed by atoms with E-state index in [1.165, 1.54) is 10.9 Å². The maximum Gasteiger partial charge on any atom is 0.241 e. The van der Waals surface area contributed by atoms with E-state index in [9.17, 15) is 4.79 Å². The molecule has 202 valence electrons. The van der Waals surface area contributed by atoms with Gasteiger partial charge in [-0.15, -0.1) is 0 Å². The zero-order valence-corrected chi connectivity index (χ0v) is 23.0. The van der Waals surface area contributed by atoms with E-state index in [1.54, 1.807) is 7.11 Å². The molecule has 7 heteroatoms. The number of hydrogen-bond donors (Lipinski definition) is 1. The Labute approximate surface area is 234 Å². The van der Waals surface area contributed by atoms with Crippen molar-refractivity contribution in [2.24, 2.45) is 0 Å². The zero-order chi connectivity index (χ0) is 26.9. The number of benzene rings is 4. The van der Waals surface area contributed by atoms with Crippen molar-refractivity contribution in [2.45, 2.75) is 18.2 Å². The fraction of sp³-hybridized carbons (Fsp3) is 0.281. The molecule has 1 unspecified atom stereocenters. The number of carbonyl (C=O) groups excluding carboxylic acids is 1. The Bertz CT molecular complexity index is 1380. The summed E-state index contributed by atoms with van der Waals surface area (Å²) in [5, 5.41) is 5.53. The minimum atomic E-state index is -0.107. The largest absolute Gasteiger partial charge is 0.496 e. The Morgan fingerprint density at radius 1 is 0.897 bits per heavy atom. The van der Waals surface area contributed by atoms with E-state index in [-0.39, 0.29) is 11.9 Å². The smallest absolute Gasteiger partial charge is 0.241 e. The van der Waals surface area contributed by atoms with Gasteiger partial charge in [0.1, 0.15) is 23.9 Å². The van der Waals surface area contributed by atoms with Crippen molar-refractivity contribution in [3.05, 3.63) is 96.6 Å². The number of para-hydroxylation sites is 1. The Hall–Kier alpha value is -3.68. The van der Waals surface area contributed by atoms with Crippen LogP contribution in [0.15, 0.2) is 91.0 Å². The van der Waals surface area contributed by atoms with Gasteiger partial charge in [0.25, 0.3) is 0 Å². The summed E-state index contributed by atoms with van der Waals surface area (Å²) in [5.41, 5.74) is 2.07. The predicted molar refractivity (Wildman–Crippen MR) is 159 cm³/mol. The molecule has 1 amide bonds. The highest BCUT2D eigenvalue weighted by Crippen LogP contribution is 2.26. The normalized spacial score (nSPS) is 15.4. The first-order chi connectivity index (χ1) is 19.2. The van der Waals surface area contributed by atoms with Crippen molar-refractivity contribution >= 4 is 34.1 Å². The lowest BCUT2D eigenvalue weighted by Crippen LogP contribution is -2.57. The number of amides is 1. The van der Waals surface area contributed by atoms with Crippen molar-refractivity contribution in [1.82, 2.24) is 5.32 Å². The van der Waals surface area contributed by atoms with Crippen molar-refractivity contribution in [1.29, 1.82) is 0 Å². The van der Waals surface area contributed by atoms with E-state index in [4.69, 9.17) is 14.2 Å². The molecule has 39 heavy (non-hydrogen) atoms. The number of carbonyl (C=O) groups is 1. The van der Waals surface area contributed by atoms with E-state index >= 15 is 0 Å². The summed E-state index contributed by atoms with van der Waals surface area (Å²) in [7, 11) is 1.71. The number of nitrogens with zero attached hydrogens (tertiary/aromatic N) is 1. The van der Waals surface area contributed by atoms with Crippen molar-refractivity contribution in [3.8, 4) is 17.2 Å². The van der Waals surface area contributed by atoms with Crippen LogP contribution in [0.1, 0.15) is 12.0 Å². The molecular formula is C32H34N2O4S. The quantitative estimate of drug-likeness (QED) is 0.224. The van der Waals surface area contributed by atoms with Gasteiger partial charge in [0.15, 0.2) is 0 Å². The van der Waals surface area contributed by atoms with Crippen LogP contribution in [-0.2, 0) is 10.5 Å². The van der Waals surface area contributed by atoms with Crippen molar-refractivity contribution in [3.63, 3.8) is 0 Å². The molecule has 4 aromatic carbocycles. The van der Waals surface area contributed by atoms with Gasteiger partial charge >= 0.3 is 0 Å². The molecular weight excluding hydrogens is 508 g/mol. The van der Waals surface area contributed by atoms with Gasteiger partial charge in [-0.1, -0.05) is 48.5 Å². The summed E-state index contributed by atoms with van der Waals surface area (Å²) in [6.07, 6.45) is 0.950. The number of nitrogens with one attached hydrogen (secondary N) is 1. The minimum Gasteiger partial charge on any atom is -0.496 e. The van der Waals surface area contributed by atoms with E-state index in [0.717, 1.165) is 46.2 Å². The molecule has 1 saturated heterocycles. The zero-order valence-electron chi connectivity index (χ0n) is 22.2. The van der Waals surface area contributed by atoms with Crippen LogP contribution in [0.25, 0.3) is 10.8 Å². The molecule has 5 rings (SSSR count). The second-order valence-electron chi connectivity index (χ2n) is 9.43. The number of rotatable bonds is 12. The molecule has 4 aromatic rings. The molecule has 1 aliphatic rings. The van der Waals surface area contributed by atoms with Crippen LogP contribution in [0.3, 0.4) is 0 Å². The SMILES string of the molecule is COc1ccccc1CSCCCOc1ccc(N2C(=O)CNCC2COc2ccc3ccccc3c2)cc1. The number of piperazine rings is 1. The molecule has 1 fully saturated rings. The van der Waals surface area contributed by atoms with E-state index in [1.807, 2.05) is 83.4 Å². The van der Waals surface area contributed by atoms with Gasteiger partial charge in [-0.25, -0.2) is 0 Å². The maximum atomic E-state index is 12.9. The molecule has 6 nitrogen and oxygen atoms in total. The summed E-state index contributed by atoms with van der Waals surface area (Å²) in [5.74, 6) is 4.51. The monoisotopic (exact) mass is 542 g/mol. The van der Waals surface area contributed by atoms with Crippen LogP contribution in [0, 0.1) is 0 Å². The number of thioether (sulfide) groups is 1. The van der Waals surface area contributed by atoms with Gasteiger partial charge in [0, 0.05) is 23.5 Å². The van der Waals surface area contributed by atoms with Crippen molar-refractivity contribution in [2.75, 3.05) is 44.1 Å². The van der Waals surface area contributed by atoms with Crippen LogP contribution in [-0.4, -0.2) is 51.1 Å². The lowest BCUT2D eigenvalue weighted by atomic mass is 10.1. The predicted octanol–water partition coefficient (Wildman–Crippen LogP) is 5.93. The van der Waals surface area contributed by atoms with E-state index in [2.05, 4.69) is 29.6 Å². The number of fused-ring (bicyclic) bond motifs is 1. The van der Waals surface area contributed by atoms with Crippen LogP contribution < -0.4 is 24.4 Å². The number of ether oxygens (including phenoxy) is 3. The summed E-state index contributed by atoms with van der Waals surface area (Å²) >= 11 is 1.87. The maximum absolute atomic E-state index is 12.9. The van der Waals surface area contributed by atoms with Gasteiger partial charge in [0.05, 0.1) is 26.3 Å². The molecule has 1 aliphatic heterocycles. The van der Waals surface area contributed by atoms with Crippen LogP contribution in [0.2, 0.25) is 0 Å². The van der Waals surface area contributed by atoms with Gasteiger partial charge < -0.3 is 24.4 Å². The number of anilines is 1. The fourth-order valence-electron chi connectivity index (χ4n) is 4.72. The number of hydrogen-bond acceptors (Lipinski definition) is 6. The molecule has 0 spiro atoms. The van der Waals surface area contributed by atoms with E-state index < -0.39 is 0 Å². The molecule has 1 atom stereocenters. The highest BCUT2D eigenvalue weighted by atomic mass is 32.2. The summed E-state index contributed by atoms with van der Waals surface area (Å²) in [4.78, 5) is 14.7. The molecule has 0 saturated carbocycles. The Kier molecular flexibility index (Phi) is 9.25. The first-order valence-electron chi connectivity index (χ1n) is 13.3. The van der Waals surface area contributed by atoms with Crippen LogP contribution in [0.4, 0.5) is 5.69 Å². The first-order valence-corrected chi connectivity index (χ1v) is 14.4. The Morgan fingerprint density at radius 3 is 2.51 bits per heavy atom. The van der Waals surface area contributed by atoms with Crippen molar-refractivity contribution < 1.29 is 19.0 Å². The molecule has 1 heterocycles. The third-order valence-corrected chi connectivity index (χ3v) is 7.81.